The fourth-order valence-electron chi connectivity index (χ4n) is 5.27. The second-order valence-corrected chi connectivity index (χ2v) is 8.70. The van der Waals surface area contributed by atoms with Gasteiger partial charge in [0.25, 0.3) is 0 Å². The van der Waals surface area contributed by atoms with E-state index >= 15 is 0 Å². The van der Waals surface area contributed by atoms with Crippen molar-refractivity contribution in [3.05, 3.63) is 12.3 Å². The molecule has 0 unspecified atom stereocenters. The van der Waals surface area contributed by atoms with Gasteiger partial charge in [-0.05, 0) is 44.9 Å². The van der Waals surface area contributed by atoms with E-state index in [9.17, 15) is 14.7 Å². The molecule has 1 spiro atoms. The van der Waals surface area contributed by atoms with E-state index in [4.69, 9.17) is 9.84 Å². The predicted molar refractivity (Wildman–Crippen MR) is 111 cm³/mol. The molecule has 0 aromatic carbocycles. The number of nitrogens with one attached hydrogen (secondary N) is 1. The van der Waals surface area contributed by atoms with Crippen LogP contribution in [-0.4, -0.2) is 71.0 Å². The normalized spacial score (nSPS) is 29.3. The summed E-state index contributed by atoms with van der Waals surface area (Å²) in [6, 6.07) is 1.86. The average Bonchev–Trinajstić information content (AvgIpc) is 3.03. The van der Waals surface area contributed by atoms with Gasteiger partial charge in [0.15, 0.2) is 11.6 Å². The Morgan fingerprint density at radius 2 is 2.03 bits per heavy atom. The van der Waals surface area contributed by atoms with E-state index in [2.05, 4.69) is 20.1 Å². The molecule has 1 saturated carbocycles. The maximum atomic E-state index is 13.5. The van der Waals surface area contributed by atoms with Gasteiger partial charge in [0.2, 0.25) is 5.91 Å². The highest BCUT2D eigenvalue weighted by Crippen LogP contribution is 2.44. The molecule has 9 heteroatoms. The number of piperidine rings is 1. The Labute approximate surface area is 176 Å². The van der Waals surface area contributed by atoms with Gasteiger partial charge < -0.3 is 24.7 Å². The Morgan fingerprint density at radius 1 is 1.27 bits per heavy atom. The first-order valence-electron chi connectivity index (χ1n) is 10.7. The second kappa shape index (κ2) is 8.29. The van der Waals surface area contributed by atoms with Gasteiger partial charge in [-0.3, -0.25) is 10.1 Å². The number of methoxy groups -OCH3 is 1. The minimum atomic E-state index is -1.16. The molecular weight excluding hydrogens is 388 g/mol. The molecule has 0 radical (unpaired) electrons. The Balaban J connectivity index is 1.51. The van der Waals surface area contributed by atoms with Gasteiger partial charge in [0.05, 0.1) is 30.5 Å². The summed E-state index contributed by atoms with van der Waals surface area (Å²) in [6.45, 7) is 2.14. The molecular formula is C21H30N4O5. The molecule has 164 valence electrons. The number of ether oxygens (including phenoxy) is 1. The molecule has 3 heterocycles. The van der Waals surface area contributed by atoms with Crippen LogP contribution in [0.3, 0.4) is 0 Å². The van der Waals surface area contributed by atoms with Crippen molar-refractivity contribution in [3.63, 3.8) is 0 Å². The second-order valence-electron chi connectivity index (χ2n) is 8.70. The number of hydrogen-bond donors (Lipinski definition) is 3. The number of anilines is 2. The lowest BCUT2D eigenvalue weighted by Gasteiger charge is -2.41. The molecule has 3 fully saturated rings. The lowest BCUT2D eigenvalue weighted by molar-refractivity contribution is -0.139. The van der Waals surface area contributed by atoms with E-state index < -0.39 is 11.5 Å². The van der Waals surface area contributed by atoms with Gasteiger partial charge in [-0.2, -0.15) is 0 Å². The third-order valence-corrected chi connectivity index (χ3v) is 6.83. The van der Waals surface area contributed by atoms with Crippen LogP contribution in [0, 0.1) is 5.41 Å². The summed E-state index contributed by atoms with van der Waals surface area (Å²) in [4.78, 5) is 33.0. The van der Waals surface area contributed by atoms with Crippen LogP contribution in [-0.2, 0) is 4.79 Å². The largest absolute Gasteiger partial charge is 0.493 e. The number of hydrogen-bond acceptors (Lipinski definition) is 6. The number of likely N-dealkylation sites (tertiary alicyclic amines) is 1. The molecule has 2 saturated heterocycles. The number of rotatable bonds is 4. The van der Waals surface area contributed by atoms with Gasteiger partial charge in [0.1, 0.15) is 0 Å². The highest BCUT2D eigenvalue weighted by molar-refractivity contribution is 5.86. The van der Waals surface area contributed by atoms with Crippen molar-refractivity contribution >= 4 is 23.5 Å². The molecule has 9 nitrogen and oxygen atoms in total. The van der Waals surface area contributed by atoms with Crippen LogP contribution in [0.4, 0.5) is 16.3 Å². The van der Waals surface area contributed by atoms with Crippen molar-refractivity contribution in [2.24, 2.45) is 5.41 Å². The number of aromatic nitrogens is 1. The van der Waals surface area contributed by atoms with Crippen LogP contribution in [0.15, 0.2) is 12.3 Å². The Bertz CT molecular complexity index is 811. The summed E-state index contributed by atoms with van der Waals surface area (Å²) in [5.74, 6) is 1.36. The summed E-state index contributed by atoms with van der Waals surface area (Å²) < 4.78 is 5.47. The maximum Gasteiger partial charge on any atom is 0.409 e. The maximum absolute atomic E-state index is 13.5. The zero-order valence-corrected chi connectivity index (χ0v) is 17.3. The first kappa shape index (κ1) is 20.7. The number of aliphatic hydroxyl groups excluding tert-OH is 1. The number of pyridine rings is 1. The SMILES string of the molecule is COc1cc(NC(=O)O)cnc1N1CCC[C@@]2(CCN([C@H]3CC[C@@H](O)CC3)C2=O)C1. The van der Waals surface area contributed by atoms with Gasteiger partial charge in [-0.15, -0.1) is 0 Å². The first-order valence-corrected chi connectivity index (χ1v) is 10.7. The monoisotopic (exact) mass is 418 g/mol. The van der Waals surface area contributed by atoms with Crippen LogP contribution >= 0.6 is 0 Å². The number of carbonyl (C=O) groups is 2. The third-order valence-electron chi connectivity index (χ3n) is 6.83. The molecule has 1 aromatic heterocycles. The molecule has 2 amide bonds. The molecule has 1 aromatic rings. The van der Waals surface area contributed by atoms with E-state index in [-0.39, 0.29) is 18.1 Å². The molecule has 4 rings (SSSR count). The number of carbonyl (C=O) groups excluding carboxylic acids is 1. The summed E-state index contributed by atoms with van der Waals surface area (Å²) >= 11 is 0. The van der Waals surface area contributed by atoms with Gasteiger partial charge >= 0.3 is 6.09 Å². The van der Waals surface area contributed by atoms with E-state index in [1.807, 2.05) is 0 Å². The molecule has 30 heavy (non-hydrogen) atoms. The van der Waals surface area contributed by atoms with Crippen LogP contribution < -0.4 is 15.0 Å². The summed E-state index contributed by atoms with van der Waals surface area (Å²) in [6.07, 6.45) is 5.98. The molecule has 0 bridgehead atoms. The molecule has 3 N–H and O–H groups in total. The summed E-state index contributed by atoms with van der Waals surface area (Å²) in [5.41, 5.74) is -0.0589. The van der Waals surface area contributed by atoms with Crippen LogP contribution in [0.1, 0.15) is 44.9 Å². The first-order chi connectivity index (χ1) is 14.4. The van der Waals surface area contributed by atoms with Gasteiger partial charge in [-0.1, -0.05) is 0 Å². The van der Waals surface area contributed by atoms with E-state index in [1.54, 1.807) is 6.07 Å². The van der Waals surface area contributed by atoms with E-state index in [0.29, 0.717) is 23.8 Å². The van der Waals surface area contributed by atoms with Crippen molar-refractivity contribution in [3.8, 4) is 5.75 Å². The zero-order chi connectivity index (χ0) is 21.3. The molecule has 3 aliphatic rings. The number of aliphatic hydroxyl groups is 1. The van der Waals surface area contributed by atoms with Crippen molar-refractivity contribution in [2.45, 2.75) is 57.1 Å². The highest BCUT2D eigenvalue weighted by Gasteiger charge is 2.51. The number of nitrogens with zero attached hydrogens (tertiary/aromatic N) is 3. The average molecular weight is 418 g/mol. The standard InChI is InChI=1S/C21H30N4O5/c1-30-17-11-14(23-20(28)29)12-22-18(17)24-9-2-7-21(13-24)8-10-25(19(21)27)15-3-5-16(26)6-4-15/h11-12,15-16,23,26H,2-10,13H2,1H3,(H,28,29)/t15-,16+,21-/m1/s1. The van der Waals surface area contributed by atoms with Gasteiger partial charge in [0, 0.05) is 31.7 Å². The number of amides is 2. The van der Waals surface area contributed by atoms with E-state index in [1.165, 1.54) is 13.3 Å². The van der Waals surface area contributed by atoms with Crippen LogP contribution in [0.2, 0.25) is 0 Å². The quantitative estimate of drug-likeness (QED) is 0.687. The lowest BCUT2D eigenvalue weighted by Crippen LogP contribution is -2.50. The molecule has 2 aliphatic heterocycles. The van der Waals surface area contributed by atoms with E-state index in [0.717, 1.165) is 58.0 Å². The Kier molecular flexibility index (Phi) is 5.73. The number of carboxylic acid groups (broad SMARTS) is 1. The van der Waals surface area contributed by atoms with Crippen molar-refractivity contribution in [1.29, 1.82) is 0 Å². The molecule has 1 atom stereocenters. The highest BCUT2D eigenvalue weighted by atomic mass is 16.5. The topological polar surface area (TPSA) is 115 Å². The lowest BCUT2D eigenvalue weighted by atomic mass is 9.78. The predicted octanol–water partition coefficient (Wildman–Crippen LogP) is 2.30. The fraction of sp³-hybridized carbons (Fsp3) is 0.667. The molecule has 1 aliphatic carbocycles. The summed E-state index contributed by atoms with van der Waals surface area (Å²) in [5, 5.41) is 21.0. The third kappa shape index (κ3) is 3.90. The fourth-order valence-corrected chi connectivity index (χ4v) is 5.27. The Morgan fingerprint density at radius 3 is 2.73 bits per heavy atom. The van der Waals surface area contributed by atoms with Gasteiger partial charge in [-0.25, -0.2) is 9.78 Å². The Hall–Kier alpha value is -2.55. The summed E-state index contributed by atoms with van der Waals surface area (Å²) in [7, 11) is 1.53. The van der Waals surface area contributed by atoms with Crippen LogP contribution in [0.5, 0.6) is 5.75 Å². The van der Waals surface area contributed by atoms with Crippen molar-refractivity contribution in [2.75, 3.05) is 37.0 Å². The smallest absolute Gasteiger partial charge is 0.409 e. The van der Waals surface area contributed by atoms with Crippen LogP contribution in [0.25, 0.3) is 0 Å². The minimum Gasteiger partial charge on any atom is -0.493 e. The van der Waals surface area contributed by atoms with Crippen molar-refractivity contribution in [1.82, 2.24) is 9.88 Å². The zero-order valence-electron chi connectivity index (χ0n) is 17.3. The minimum absolute atomic E-state index is 0.227. The van der Waals surface area contributed by atoms with Crippen molar-refractivity contribution < 1.29 is 24.5 Å².